The molecule has 3 aromatic rings. The van der Waals surface area contributed by atoms with Crippen LogP contribution in [0.4, 0.5) is 15.2 Å². The van der Waals surface area contributed by atoms with Gasteiger partial charge in [-0.3, -0.25) is 4.79 Å². The summed E-state index contributed by atoms with van der Waals surface area (Å²) < 4.78 is 23.4. The minimum atomic E-state index is -0.295. The number of methoxy groups -OCH3 is 2. The number of carbonyl (C=O) groups excluding carboxylic acids is 1. The Balaban J connectivity index is 1.85. The molecule has 1 heterocycles. The van der Waals surface area contributed by atoms with Gasteiger partial charge in [-0.25, -0.2) is 9.37 Å². The van der Waals surface area contributed by atoms with Crippen LogP contribution in [0.1, 0.15) is 0 Å². The van der Waals surface area contributed by atoms with Crippen LogP contribution in [0.2, 0.25) is 0 Å². The highest BCUT2D eigenvalue weighted by molar-refractivity contribution is 7.14. The largest absolute Gasteiger partial charge is 0.497 e. The number of halogens is 1. The molecule has 0 aliphatic heterocycles. The van der Waals surface area contributed by atoms with E-state index in [1.807, 2.05) is 34.5 Å². The summed E-state index contributed by atoms with van der Waals surface area (Å²) in [6.07, 6.45) is 0. The molecule has 0 spiro atoms. The van der Waals surface area contributed by atoms with Gasteiger partial charge in [-0.2, -0.15) is 0 Å². The van der Waals surface area contributed by atoms with Crippen molar-refractivity contribution in [1.29, 1.82) is 0 Å². The highest BCUT2D eigenvalue weighted by Crippen LogP contribution is 2.32. The molecule has 0 bridgehead atoms. The molecule has 29 heavy (non-hydrogen) atoms. The van der Waals surface area contributed by atoms with E-state index in [2.05, 4.69) is 10.3 Å². The summed E-state index contributed by atoms with van der Waals surface area (Å²) in [6, 6.07) is 13.6. The Labute approximate surface area is 172 Å². The van der Waals surface area contributed by atoms with Crippen LogP contribution >= 0.6 is 11.3 Å². The fraction of sp³-hybridized carbons (Fsp3) is 0.238. The van der Waals surface area contributed by atoms with Gasteiger partial charge in [-0.1, -0.05) is 0 Å². The van der Waals surface area contributed by atoms with E-state index in [4.69, 9.17) is 9.47 Å². The molecule has 0 aliphatic carbocycles. The molecule has 3 rings (SSSR count). The van der Waals surface area contributed by atoms with Crippen LogP contribution in [-0.2, 0) is 9.53 Å². The van der Waals surface area contributed by atoms with Crippen LogP contribution in [0.25, 0.3) is 11.3 Å². The number of anilines is 2. The second-order valence-electron chi connectivity index (χ2n) is 6.15. The molecule has 1 N–H and O–H groups in total. The normalized spacial score (nSPS) is 10.6. The third-order valence-electron chi connectivity index (χ3n) is 4.18. The lowest BCUT2D eigenvalue weighted by atomic mass is 10.2. The summed E-state index contributed by atoms with van der Waals surface area (Å²) >= 11 is 1.42. The Morgan fingerprint density at radius 1 is 1.14 bits per heavy atom. The fourth-order valence-electron chi connectivity index (χ4n) is 2.67. The summed E-state index contributed by atoms with van der Waals surface area (Å²) in [5, 5.41) is 5.38. The van der Waals surface area contributed by atoms with Gasteiger partial charge in [0, 0.05) is 30.3 Å². The van der Waals surface area contributed by atoms with Crippen molar-refractivity contribution >= 4 is 28.1 Å². The summed E-state index contributed by atoms with van der Waals surface area (Å²) in [5.41, 5.74) is 2.35. The van der Waals surface area contributed by atoms with E-state index in [1.165, 1.54) is 23.5 Å². The van der Waals surface area contributed by atoms with E-state index in [-0.39, 0.29) is 18.3 Å². The zero-order valence-corrected chi connectivity index (χ0v) is 17.0. The number of rotatable bonds is 9. The Kier molecular flexibility index (Phi) is 7.15. The average Bonchev–Trinajstić information content (AvgIpc) is 3.23. The van der Waals surface area contributed by atoms with E-state index >= 15 is 0 Å². The predicted octanol–water partition coefficient (Wildman–Crippen LogP) is 3.86. The highest BCUT2D eigenvalue weighted by atomic mass is 32.1. The van der Waals surface area contributed by atoms with Crippen molar-refractivity contribution in [1.82, 2.24) is 10.3 Å². The molecule has 0 unspecified atom stereocenters. The van der Waals surface area contributed by atoms with Gasteiger partial charge in [-0.15, -0.1) is 11.3 Å². The summed E-state index contributed by atoms with van der Waals surface area (Å²) in [6.45, 7) is 0.983. The Morgan fingerprint density at radius 2 is 1.86 bits per heavy atom. The number of ether oxygens (including phenoxy) is 2. The molecule has 2 aromatic carbocycles. The topological polar surface area (TPSA) is 63.7 Å². The zero-order chi connectivity index (χ0) is 20.6. The fourth-order valence-corrected chi connectivity index (χ4v) is 3.52. The van der Waals surface area contributed by atoms with Gasteiger partial charge in [0.2, 0.25) is 5.91 Å². The van der Waals surface area contributed by atoms with Crippen LogP contribution in [0.3, 0.4) is 0 Å². The lowest BCUT2D eigenvalue weighted by molar-refractivity contribution is -0.119. The first-order chi connectivity index (χ1) is 14.1. The molecule has 0 aliphatic rings. The first kappa shape index (κ1) is 20.8. The lowest BCUT2D eigenvalue weighted by Gasteiger charge is -2.21. The number of hydrogen-bond acceptors (Lipinski definition) is 6. The number of nitrogens with zero attached hydrogens (tertiary/aromatic N) is 2. The molecule has 0 saturated heterocycles. The van der Waals surface area contributed by atoms with E-state index in [0.717, 1.165) is 22.7 Å². The zero-order valence-electron chi connectivity index (χ0n) is 16.2. The highest BCUT2D eigenvalue weighted by Gasteiger charge is 2.18. The molecule has 0 atom stereocenters. The Bertz CT molecular complexity index is 929. The van der Waals surface area contributed by atoms with Crippen molar-refractivity contribution in [2.24, 2.45) is 0 Å². The maximum atomic E-state index is 13.2. The Hall–Kier alpha value is -2.97. The summed E-state index contributed by atoms with van der Waals surface area (Å²) in [7, 11) is 3.19. The van der Waals surface area contributed by atoms with Crippen LogP contribution in [0.15, 0.2) is 53.9 Å². The SMILES string of the molecule is COCCNC(=O)CN(c1ccc(OC)cc1)c1nc(-c2ccc(F)cc2)cs1. The van der Waals surface area contributed by atoms with Crippen LogP contribution in [0, 0.1) is 5.82 Å². The average molecular weight is 415 g/mol. The van der Waals surface area contributed by atoms with Gasteiger partial charge in [0.05, 0.1) is 19.4 Å². The lowest BCUT2D eigenvalue weighted by Crippen LogP contribution is -2.36. The predicted molar refractivity (Wildman–Crippen MR) is 112 cm³/mol. The number of aromatic nitrogens is 1. The van der Waals surface area contributed by atoms with Gasteiger partial charge in [0.15, 0.2) is 5.13 Å². The smallest absolute Gasteiger partial charge is 0.240 e. The molecule has 0 saturated carbocycles. The molecule has 8 heteroatoms. The molecule has 0 fully saturated rings. The molecule has 6 nitrogen and oxygen atoms in total. The molecular formula is C21H22FN3O3S. The van der Waals surface area contributed by atoms with Gasteiger partial charge in [-0.05, 0) is 48.5 Å². The maximum absolute atomic E-state index is 13.2. The monoisotopic (exact) mass is 415 g/mol. The van der Waals surface area contributed by atoms with Gasteiger partial charge in [0.25, 0.3) is 0 Å². The number of thiazole rings is 1. The van der Waals surface area contributed by atoms with Crippen molar-refractivity contribution < 1.29 is 18.7 Å². The number of carbonyl (C=O) groups is 1. The second-order valence-corrected chi connectivity index (χ2v) is 6.99. The quantitative estimate of drug-likeness (QED) is 0.538. The maximum Gasteiger partial charge on any atom is 0.240 e. The molecule has 152 valence electrons. The minimum absolute atomic E-state index is 0.104. The first-order valence-electron chi connectivity index (χ1n) is 8.99. The number of hydrogen-bond donors (Lipinski definition) is 1. The van der Waals surface area contributed by atoms with Crippen molar-refractivity contribution in [2.45, 2.75) is 0 Å². The second kappa shape index (κ2) is 9.99. The van der Waals surface area contributed by atoms with Crippen molar-refractivity contribution in [3.05, 3.63) is 59.7 Å². The third-order valence-corrected chi connectivity index (χ3v) is 5.04. The van der Waals surface area contributed by atoms with Gasteiger partial charge >= 0.3 is 0 Å². The van der Waals surface area contributed by atoms with Crippen LogP contribution < -0.4 is 15.0 Å². The van der Waals surface area contributed by atoms with Gasteiger partial charge in [0.1, 0.15) is 18.1 Å². The number of amides is 1. The van der Waals surface area contributed by atoms with E-state index < -0.39 is 0 Å². The van der Waals surface area contributed by atoms with E-state index in [0.29, 0.717) is 18.3 Å². The summed E-state index contributed by atoms with van der Waals surface area (Å²) in [4.78, 5) is 18.9. The van der Waals surface area contributed by atoms with E-state index in [9.17, 15) is 9.18 Å². The number of benzene rings is 2. The van der Waals surface area contributed by atoms with Crippen molar-refractivity contribution in [3.8, 4) is 17.0 Å². The summed E-state index contributed by atoms with van der Waals surface area (Å²) in [5.74, 6) is 0.289. The Morgan fingerprint density at radius 3 is 2.52 bits per heavy atom. The number of nitrogens with one attached hydrogen (secondary N) is 1. The standard InChI is InChI=1S/C21H22FN3O3S/c1-27-12-11-23-20(26)13-25(17-7-9-18(28-2)10-8-17)21-24-19(14-29-21)15-3-5-16(22)6-4-15/h3-10,14H,11-13H2,1-2H3,(H,23,26). The van der Waals surface area contributed by atoms with Crippen LogP contribution in [-0.4, -0.2) is 44.8 Å². The van der Waals surface area contributed by atoms with Crippen molar-refractivity contribution in [2.75, 3.05) is 38.8 Å². The molecular weight excluding hydrogens is 393 g/mol. The van der Waals surface area contributed by atoms with Gasteiger partial charge < -0.3 is 19.7 Å². The minimum Gasteiger partial charge on any atom is -0.497 e. The molecule has 1 amide bonds. The molecule has 0 radical (unpaired) electrons. The first-order valence-corrected chi connectivity index (χ1v) is 9.87. The molecule has 1 aromatic heterocycles. The van der Waals surface area contributed by atoms with E-state index in [1.54, 1.807) is 26.4 Å². The third kappa shape index (κ3) is 5.52. The van der Waals surface area contributed by atoms with Crippen LogP contribution in [0.5, 0.6) is 5.75 Å². The van der Waals surface area contributed by atoms with Crippen molar-refractivity contribution in [3.63, 3.8) is 0 Å².